The van der Waals surface area contributed by atoms with Crippen LogP contribution < -0.4 is 0 Å². The van der Waals surface area contributed by atoms with E-state index in [0.717, 1.165) is 17.6 Å². The molecule has 92 valence electrons. The Morgan fingerprint density at radius 2 is 2.00 bits per heavy atom. The third-order valence-corrected chi connectivity index (χ3v) is 2.25. The first-order chi connectivity index (χ1) is 8.08. The minimum Gasteiger partial charge on any atom is -0.373 e. The third kappa shape index (κ3) is 5.97. The van der Waals surface area contributed by atoms with Crippen LogP contribution in [0.25, 0.3) is 0 Å². The van der Waals surface area contributed by atoms with Gasteiger partial charge in [0.05, 0.1) is 6.61 Å². The molecule has 1 aromatic rings. The summed E-state index contributed by atoms with van der Waals surface area (Å²) < 4.78 is 17.8. The predicted octanol–water partition coefficient (Wildman–Crippen LogP) is 2.92. The van der Waals surface area contributed by atoms with E-state index in [1.54, 1.807) is 12.1 Å². The maximum atomic E-state index is 12.6. The van der Waals surface area contributed by atoms with Gasteiger partial charge in [0.25, 0.3) is 0 Å². The molecule has 2 nitrogen and oxygen atoms in total. The molecule has 0 amide bonds. The molecule has 0 aromatic heterocycles. The summed E-state index contributed by atoms with van der Waals surface area (Å²) in [5.74, 6) is -0.294. The van der Waals surface area contributed by atoms with Crippen molar-refractivity contribution in [3.63, 3.8) is 0 Å². The number of hydrogen-bond donors (Lipinski definition) is 0. The Morgan fingerprint density at radius 1 is 1.35 bits per heavy atom. The van der Waals surface area contributed by atoms with Crippen LogP contribution in [-0.2, 0) is 16.0 Å². The molecule has 0 aliphatic heterocycles. The average molecular weight is 236 g/mol. The monoisotopic (exact) mass is 236 g/mol. The second kappa shape index (κ2) is 6.97. The zero-order valence-electron chi connectivity index (χ0n) is 10.0. The van der Waals surface area contributed by atoms with Gasteiger partial charge in [-0.25, -0.2) is 4.39 Å². The average Bonchev–Trinajstić information content (AvgIpc) is 2.27. The summed E-state index contributed by atoms with van der Waals surface area (Å²) in [6.07, 6.45) is 1.05. The molecular weight excluding hydrogens is 219 g/mol. The van der Waals surface area contributed by atoms with Gasteiger partial charge in [-0.2, -0.15) is 0 Å². The van der Waals surface area contributed by atoms with Gasteiger partial charge < -0.3 is 4.74 Å². The number of ketones is 1. The number of ether oxygens (including phenoxy) is 1. The number of carbonyl (C=O) groups is 1. The number of rotatable bonds is 7. The van der Waals surface area contributed by atoms with E-state index in [1.807, 2.05) is 6.92 Å². The summed E-state index contributed by atoms with van der Waals surface area (Å²) >= 11 is 0. The number of hydrogen-bond acceptors (Lipinski definition) is 2. The molecule has 0 saturated heterocycles. The van der Waals surface area contributed by atoms with Gasteiger partial charge in [-0.05, 0) is 31.0 Å². The van der Waals surface area contributed by atoms with Crippen LogP contribution in [0.4, 0.5) is 4.39 Å². The maximum Gasteiger partial charge on any atom is 0.162 e. The molecule has 0 spiro atoms. The predicted molar refractivity (Wildman–Crippen MR) is 65.4 cm³/mol. The molecule has 0 aliphatic carbocycles. The van der Waals surface area contributed by atoms with Crippen LogP contribution in [0.5, 0.6) is 0 Å². The van der Waals surface area contributed by atoms with Crippen LogP contribution in [0, 0.1) is 5.82 Å². The highest BCUT2D eigenvalue weighted by Gasteiger charge is 2.04. The van der Waals surface area contributed by atoms with E-state index in [1.165, 1.54) is 12.1 Å². The lowest BCUT2D eigenvalue weighted by atomic mass is 10.1. The quantitative estimate of drug-likeness (QED) is 0.537. The molecule has 0 unspecified atom stereocenters. The zero-order valence-corrected chi connectivity index (χ0v) is 10.0. The molecule has 0 aliphatic rings. The lowest BCUT2D eigenvalue weighted by molar-refractivity contribution is -0.122. The standard InChI is InChI=1S/C14H17FO2/c1-11(2)7-8-17-10-14(16)9-12-3-5-13(15)6-4-12/h3-6H,1,7-10H2,2H3. The Labute approximate surface area is 101 Å². The summed E-state index contributed by atoms with van der Waals surface area (Å²) in [5.41, 5.74) is 1.84. The molecule has 17 heavy (non-hydrogen) atoms. The van der Waals surface area contributed by atoms with Gasteiger partial charge in [0.15, 0.2) is 5.78 Å². The summed E-state index contributed by atoms with van der Waals surface area (Å²) in [7, 11) is 0. The summed E-state index contributed by atoms with van der Waals surface area (Å²) in [6, 6.07) is 5.93. The van der Waals surface area contributed by atoms with Crippen molar-refractivity contribution in [3.05, 3.63) is 47.8 Å². The van der Waals surface area contributed by atoms with E-state index in [0.29, 0.717) is 6.61 Å². The van der Waals surface area contributed by atoms with Gasteiger partial charge in [0.1, 0.15) is 12.4 Å². The smallest absolute Gasteiger partial charge is 0.162 e. The molecule has 1 aromatic carbocycles. The van der Waals surface area contributed by atoms with Crippen molar-refractivity contribution in [1.82, 2.24) is 0 Å². The van der Waals surface area contributed by atoms with Gasteiger partial charge in [-0.1, -0.05) is 17.7 Å². The van der Waals surface area contributed by atoms with Gasteiger partial charge in [0.2, 0.25) is 0 Å². The van der Waals surface area contributed by atoms with E-state index in [2.05, 4.69) is 6.58 Å². The largest absolute Gasteiger partial charge is 0.373 e. The topological polar surface area (TPSA) is 26.3 Å². The number of carbonyl (C=O) groups excluding carboxylic acids is 1. The minimum absolute atomic E-state index is 0.00155. The summed E-state index contributed by atoms with van der Waals surface area (Å²) in [5, 5.41) is 0. The van der Waals surface area contributed by atoms with Gasteiger partial charge in [-0.15, -0.1) is 6.58 Å². The first kappa shape index (κ1) is 13.6. The Bertz CT molecular complexity index is 382. The van der Waals surface area contributed by atoms with Gasteiger partial charge >= 0.3 is 0 Å². The van der Waals surface area contributed by atoms with Crippen LogP contribution in [0.15, 0.2) is 36.4 Å². The highest BCUT2D eigenvalue weighted by Crippen LogP contribution is 2.04. The van der Waals surface area contributed by atoms with Crippen molar-refractivity contribution >= 4 is 5.78 Å². The van der Waals surface area contributed by atoms with Crippen molar-refractivity contribution < 1.29 is 13.9 Å². The van der Waals surface area contributed by atoms with Crippen molar-refractivity contribution in [2.75, 3.05) is 13.2 Å². The molecule has 0 atom stereocenters. The molecular formula is C14H17FO2. The van der Waals surface area contributed by atoms with Crippen molar-refractivity contribution in [2.45, 2.75) is 19.8 Å². The molecule has 0 saturated carbocycles. The second-order valence-electron chi connectivity index (χ2n) is 4.10. The van der Waals surface area contributed by atoms with E-state index in [4.69, 9.17) is 4.74 Å². The van der Waals surface area contributed by atoms with E-state index in [-0.39, 0.29) is 24.6 Å². The van der Waals surface area contributed by atoms with Crippen LogP contribution >= 0.6 is 0 Å². The van der Waals surface area contributed by atoms with E-state index in [9.17, 15) is 9.18 Å². The van der Waals surface area contributed by atoms with E-state index >= 15 is 0 Å². The van der Waals surface area contributed by atoms with Crippen molar-refractivity contribution in [1.29, 1.82) is 0 Å². The Balaban J connectivity index is 2.25. The van der Waals surface area contributed by atoms with Gasteiger partial charge in [-0.3, -0.25) is 4.79 Å². The van der Waals surface area contributed by atoms with Crippen LogP contribution in [0.1, 0.15) is 18.9 Å². The van der Waals surface area contributed by atoms with E-state index < -0.39 is 0 Å². The Hall–Kier alpha value is -1.48. The second-order valence-corrected chi connectivity index (χ2v) is 4.10. The lowest BCUT2D eigenvalue weighted by Gasteiger charge is -2.04. The highest BCUT2D eigenvalue weighted by molar-refractivity contribution is 5.82. The van der Waals surface area contributed by atoms with Crippen molar-refractivity contribution in [3.8, 4) is 0 Å². The number of Topliss-reactive ketones (excluding diaryl/α,β-unsaturated/α-hetero) is 1. The molecule has 3 heteroatoms. The number of benzene rings is 1. The van der Waals surface area contributed by atoms with Crippen molar-refractivity contribution in [2.24, 2.45) is 0 Å². The first-order valence-electron chi connectivity index (χ1n) is 5.56. The minimum atomic E-state index is -0.293. The molecule has 1 rings (SSSR count). The molecule has 0 heterocycles. The number of halogens is 1. The normalized spacial score (nSPS) is 10.2. The van der Waals surface area contributed by atoms with Crippen LogP contribution in [0.2, 0.25) is 0 Å². The fourth-order valence-corrected chi connectivity index (χ4v) is 1.31. The third-order valence-electron chi connectivity index (χ3n) is 2.25. The molecule has 0 fully saturated rings. The maximum absolute atomic E-state index is 12.6. The molecule has 0 N–H and O–H groups in total. The van der Waals surface area contributed by atoms with Crippen LogP contribution in [-0.4, -0.2) is 19.0 Å². The Morgan fingerprint density at radius 3 is 2.59 bits per heavy atom. The summed E-state index contributed by atoms with van der Waals surface area (Å²) in [6.45, 7) is 6.29. The van der Waals surface area contributed by atoms with Gasteiger partial charge in [0, 0.05) is 6.42 Å². The first-order valence-corrected chi connectivity index (χ1v) is 5.56. The molecule has 0 bridgehead atoms. The zero-order chi connectivity index (χ0) is 12.7. The lowest BCUT2D eigenvalue weighted by Crippen LogP contribution is -2.12. The SMILES string of the molecule is C=C(C)CCOCC(=O)Cc1ccc(F)cc1. The fraction of sp³-hybridized carbons (Fsp3) is 0.357. The summed E-state index contributed by atoms with van der Waals surface area (Å²) in [4.78, 5) is 11.5. The fourth-order valence-electron chi connectivity index (χ4n) is 1.31. The Kier molecular flexibility index (Phi) is 5.57. The van der Waals surface area contributed by atoms with Crippen LogP contribution in [0.3, 0.4) is 0 Å². The highest BCUT2D eigenvalue weighted by atomic mass is 19.1. The molecule has 0 radical (unpaired) electrons.